The molecular formula is C37H54N6O6. The minimum Gasteiger partial charge on any atom is -0.394 e. The van der Waals surface area contributed by atoms with Crippen molar-refractivity contribution in [3.63, 3.8) is 0 Å². The largest absolute Gasteiger partial charge is 0.394 e. The molecular weight excluding hydrogens is 624 g/mol. The highest BCUT2D eigenvalue weighted by Crippen LogP contribution is 2.18. The molecule has 3 rings (SSSR count). The number of aryl methyl sites for hydroxylation is 1. The van der Waals surface area contributed by atoms with E-state index in [4.69, 9.17) is 10.8 Å². The maximum Gasteiger partial charge on any atom is 0.269 e. The van der Waals surface area contributed by atoms with Crippen LogP contribution >= 0.6 is 0 Å². The number of unbranched alkanes of at least 4 members (excludes halogenated alkanes) is 3. The number of rotatable bonds is 23. The van der Waals surface area contributed by atoms with Gasteiger partial charge in [-0.3, -0.25) is 19.5 Å². The number of hydrogen-bond acceptors (Lipinski definition) is 10. The van der Waals surface area contributed by atoms with Crippen LogP contribution in [0.3, 0.4) is 0 Å². The molecule has 0 aliphatic carbocycles. The summed E-state index contributed by atoms with van der Waals surface area (Å²) in [5.41, 5.74) is 10.3. The monoisotopic (exact) mass is 678 g/mol. The predicted octanol–water partition coefficient (Wildman–Crippen LogP) is 1.76. The van der Waals surface area contributed by atoms with Crippen molar-refractivity contribution in [3.8, 4) is 0 Å². The van der Waals surface area contributed by atoms with Gasteiger partial charge in [0.1, 0.15) is 17.9 Å². The molecule has 8 N–H and O–H groups in total. The summed E-state index contributed by atoms with van der Waals surface area (Å²) in [6.45, 7) is 6.39. The molecule has 0 aliphatic heterocycles. The zero-order valence-electron chi connectivity index (χ0n) is 28.8. The van der Waals surface area contributed by atoms with E-state index < -0.39 is 30.8 Å². The quantitative estimate of drug-likeness (QED) is 0.0727. The fourth-order valence-electron chi connectivity index (χ4n) is 5.78. The number of carbonyl (C=O) groups excluding carboxylic acids is 2. The standard InChI is InChI=1S/C37H54N6O6/c1-3-4-5-8-18-43(24-32(45)35(47)33(46)25-44)19-17-42-37(49)29-13-11-27(12-14-29)22-39-23-28(20-30-10-7-6-9-26(30)2)21-31-34(36(38)48)41-16-15-40-31/h6-7,9-16,28,32-33,35,39,44-47H,3-5,8,17-25H2,1-2H3,(H2,38,48)(H,42,49)/t28-,32-,33+,35+/m0/s1. The lowest BCUT2D eigenvalue weighted by atomic mass is 9.91. The first-order valence-corrected chi connectivity index (χ1v) is 17.2. The summed E-state index contributed by atoms with van der Waals surface area (Å²) in [4.78, 5) is 35.4. The summed E-state index contributed by atoms with van der Waals surface area (Å²) in [5.74, 6) is -0.686. The van der Waals surface area contributed by atoms with Crippen molar-refractivity contribution < 1.29 is 30.0 Å². The van der Waals surface area contributed by atoms with Crippen LogP contribution in [0, 0.1) is 12.8 Å². The van der Waals surface area contributed by atoms with Crippen molar-refractivity contribution in [2.75, 3.05) is 39.3 Å². The summed E-state index contributed by atoms with van der Waals surface area (Å²) < 4.78 is 0. The number of nitrogens with zero attached hydrogens (tertiary/aromatic N) is 3. The molecule has 0 aliphatic rings. The molecule has 49 heavy (non-hydrogen) atoms. The van der Waals surface area contributed by atoms with E-state index in [2.05, 4.69) is 46.6 Å². The first-order chi connectivity index (χ1) is 23.6. The maximum absolute atomic E-state index is 12.9. The van der Waals surface area contributed by atoms with Gasteiger partial charge < -0.3 is 36.8 Å². The summed E-state index contributed by atoms with van der Waals surface area (Å²) in [7, 11) is 0. The molecule has 2 amide bonds. The van der Waals surface area contributed by atoms with Gasteiger partial charge in [-0.1, -0.05) is 62.6 Å². The molecule has 0 saturated heterocycles. The van der Waals surface area contributed by atoms with Crippen molar-refractivity contribution in [3.05, 3.63) is 94.6 Å². The Morgan fingerprint density at radius 1 is 0.918 bits per heavy atom. The van der Waals surface area contributed by atoms with Crippen molar-refractivity contribution in [2.45, 2.75) is 77.2 Å². The lowest BCUT2D eigenvalue weighted by molar-refractivity contribution is -0.0840. The van der Waals surface area contributed by atoms with E-state index in [1.54, 1.807) is 18.3 Å². The zero-order chi connectivity index (χ0) is 35.6. The highest BCUT2D eigenvalue weighted by molar-refractivity contribution is 5.94. The molecule has 0 fully saturated rings. The lowest BCUT2D eigenvalue weighted by Crippen LogP contribution is -2.47. The molecule has 0 saturated carbocycles. The average Bonchev–Trinajstić information content (AvgIpc) is 3.10. The van der Waals surface area contributed by atoms with E-state index in [1.165, 1.54) is 17.3 Å². The Morgan fingerprint density at radius 2 is 1.65 bits per heavy atom. The molecule has 0 spiro atoms. The van der Waals surface area contributed by atoms with Crippen LogP contribution in [0.15, 0.2) is 60.9 Å². The number of aromatic nitrogens is 2. The average molecular weight is 679 g/mol. The minimum atomic E-state index is -1.46. The molecule has 0 unspecified atom stereocenters. The van der Waals surface area contributed by atoms with E-state index in [-0.39, 0.29) is 24.1 Å². The first kappa shape index (κ1) is 39.7. The Bertz CT molecular complexity index is 1420. The normalized spacial score (nSPS) is 13.9. The zero-order valence-corrected chi connectivity index (χ0v) is 28.8. The SMILES string of the molecule is CCCCCCN(CCNC(=O)c1ccc(CNC[C@@H](Cc2ccccc2C)Cc2nccnc2C(N)=O)cc1)C[C@H](O)[C@@H](O)[C@H](O)CO. The van der Waals surface area contributed by atoms with Crippen LogP contribution in [-0.4, -0.2) is 105 Å². The van der Waals surface area contributed by atoms with Crippen molar-refractivity contribution in [1.29, 1.82) is 0 Å². The number of primary amides is 1. The maximum atomic E-state index is 12.9. The Labute approximate surface area is 289 Å². The van der Waals surface area contributed by atoms with Gasteiger partial charge in [0.05, 0.1) is 18.4 Å². The summed E-state index contributed by atoms with van der Waals surface area (Å²) in [6.07, 6.45) is 4.38. The minimum absolute atomic E-state index is 0.110. The molecule has 4 atom stereocenters. The molecule has 12 nitrogen and oxygen atoms in total. The van der Waals surface area contributed by atoms with Gasteiger partial charge in [-0.2, -0.15) is 0 Å². The fourth-order valence-corrected chi connectivity index (χ4v) is 5.78. The first-order valence-electron chi connectivity index (χ1n) is 17.2. The number of aliphatic hydroxyl groups is 4. The van der Waals surface area contributed by atoms with Crippen LogP contribution < -0.4 is 16.4 Å². The summed E-state index contributed by atoms with van der Waals surface area (Å²) in [5, 5.41) is 45.8. The number of nitrogens with two attached hydrogens (primary N) is 1. The van der Waals surface area contributed by atoms with E-state index in [0.717, 1.165) is 37.7 Å². The van der Waals surface area contributed by atoms with Crippen molar-refractivity contribution in [1.82, 2.24) is 25.5 Å². The molecule has 12 heteroatoms. The molecule has 0 radical (unpaired) electrons. The molecule has 3 aromatic rings. The molecule has 1 aromatic heterocycles. The molecule has 0 bridgehead atoms. The number of nitrogens with one attached hydrogen (secondary N) is 2. The number of benzene rings is 2. The second-order valence-electron chi connectivity index (χ2n) is 12.7. The molecule has 2 aromatic carbocycles. The van der Waals surface area contributed by atoms with Gasteiger partial charge in [0.25, 0.3) is 11.8 Å². The molecule has 268 valence electrons. The van der Waals surface area contributed by atoms with Gasteiger partial charge in [0, 0.05) is 44.1 Å². The van der Waals surface area contributed by atoms with Crippen LogP contribution in [0.4, 0.5) is 0 Å². The summed E-state index contributed by atoms with van der Waals surface area (Å²) in [6, 6.07) is 15.6. The number of aliphatic hydroxyl groups excluding tert-OH is 4. The van der Waals surface area contributed by atoms with Gasteiger partial charge in [0.15, 0.2) is 0 Å². The van der Waals surface area contributed by atoms with Crippen LogP contribution in [0.25, 0.3) is 0 Å². The smallest absolute Gasteiger partial charge is 0.269 e. The Hall–Kier alpha value is -3.78. The van der Waals surface area contributed by atoms with Crippen LogP contribution in [0.2, 0.25) is 0 Å². The van der Waals surface area contributed by atoms with Crippen LogP contribution in [0.1, 0.15) is 75.8 Å². The Morgan fingerprint density at radius 3 is 2.35 bits per heavy atom. The van der Waals surface area contributed by atoms with Gasteiger partial charge in [-0.25, -0.2) is 4.98 Å². The third-order valence-electron chi connectivity index (χ3n) is 8.70. The molecule has 1 heterocycles. The van der Waals surface area contributed by atoms with Gasteiger partial charge in [-0.05, 0) is 74.0 Å². The van der Waals surface area contributed by atoms with Gasteiger partial charge in [0.2, 0.25) is 0 Å². The second kappa shape index (κ2) is 21.3. The predicted molar refractivity (Wildman–Crippen MR) is 189 cm³/mol. The highest BCUT2D eigenvalue weighted by Gasteiger charge is 2.26. The van der Waals surface area contributed by atoms with Crippen molar-refractivity contribution >= 4 is 11.8 Å². The fraction of sp³-hybridized carbons (Fsp3) is 0.514. The third-order valence-corrected chi connectivity index (χ3v) is 8.70. The lowest BCUT2D eigenvalue weighted by Gasteiger charge is -2.29. The van der Waals surface area contributed by atoms with Crippen LogP contribution in [0.5, 0.6) is 0 Å². The van der Waals surface area contributed by atoms with Crippen LogP contribution in [-0.2, 0) is 19.4 Å². The third kappa shape index (κ3) is 13.6. The number of carbonyl (C=O) groups is 2. The topological polar surface area (TPSA) is 194 Å². The number of amides is 2. The van der Waals surface area contributed by atoms with Gasteiger partial charge >= 0.3 is 0 Å². The number of hydrogen-bond donors (Lipinski definition) is 7. The van der Waals surface area contributed by atoms with E-state index in [9.17, 15) is 24.9 Å². The van der Waals surface area contributed by atoms with E-state index in [0.29, 0.717) is 50.4 Å². The summed E-state index contributed by atoms with van der Waals surface area (Å²) >= 11 is 0. The Balaban J connectivity index is 1.54. The van der Waals surface area contributed by atoms with Crippen molar-refractivity contribution in [2.24, 2.45) is 11.7 Å². The highest BCUT2D eigenvalue weighted by atomic mass is 16.4. The van der Waals surface area contributed by atoms with E-state index in [1.807, 2.05) is 29.2 Å². The van der Waals surface area contributed by atoms with Gasteiger partial charge in [-0.15, -0.1) is 0 Å². The Kier molecular flexibility index (Phi) is 17.3. The second-order valence-corrected chi connectivity index (χ2v) is 12.7. The van der Waals surface area contributed by atoms with E-state index >= 15 is 0 Å².